The highest BCUT2D eigenvalue weighted by molar-refractivity contribution is 7.88. The number of carbonyl (C=O) groups is 1. The third-order valence-electron chi connectivity index (χ3n) is 4.68. The first kappa shape index (κ1) is 17.3. The van der Waals surface area contributed by atoms with Crippen molar-refractivity contribution < 1.29 is 13.2 Å². The molecule has 2 aliphatic heterocycles. The molecule has 1 aromatic carbocycles. The fraction of sp³-hybridized carbons (Fsp3) is 0.562. The Kier molecular flexibility index (Phi) is 5.19. The molecule has 3 unspecified atom stereocenters. The van der Waals surface area contributed by atoms with Crippen molar-refractivity contribution in [3.63, 3.8) is 0 Å². The summed E-state index contributed by atoms with van der Waals surface area (Å²) in [6.45, 7) is 1.44. The van der Waals surface area contributed by atoms with E-state index in [9.17, 15) is 13.2 Å². The van der Waals surface area contributed by atoms with Gasteiger partial charge in [0, 0.05) is 25.7 Å². The standard InChI is InChI=1S/C16H24N4O3S/c1-24(22,23)20-9-5-8-13(11-20)18-16(21)14-10-17-19-15(14)12-6-3-2-4-7-12/h2-4,6-7,13-15,17,19H,5,8-11H2,1H3,(H,18,21). The van der Waals surface area contributed by atoms with Gasteiger partial charge < -0.3 is 5.32 Å². The summed E-state index contributed by atoms with van der Waals surface area (Å²) in [6, 6.07) is 9.64. The molecule has 3 rings (SSSR count). The van der Waals surface area contributed by atoms with E-state index in [1.54, 1.807) is 0 Å². The highest BCUT2D eigenvalue weighted by atomic mass is 32.2. The Labute approximate surface area is 142 Å². The lowest BCUT2D eigenvalue weighted by Gasteiger charge is -2.32. The maximum Gasteiger partial charge on any atom is 0.226 e. The molecule has 2 aliphatic rings. The first-order valence-electron chi connectivity index (χ1n) is 8.24. The Balaban J connectivity index is 1.64. The Morgan fingerprint density at radius 1 is 1.29 bits per heavy atom. The van der Waals surface area contributed by atoms with Crippen LogP contribution in [0.3, 0.4) is 0 Å². The molecular formula is C16H24N4O3S. The molecule has 0 radical (unpaired) electrons. The van der Waals surface area contributed by atoms with Gasteiger partial charge in [0.25, 0.3) is 0 Å². The molecule has 2 heterocycles. The highest BCUT2D eigenvalue weighted by Crippen LogP contribution is 2.25. The van der Waals surface area contributed by atoms with E-state index in [4.69, 9.17) is 0 Å². The molecule has 0 spiro atoms. The zero-order chi connectivity index (χ0) is 17.2. The van der Waals surface area contributed by atoms with Crippen molar-refractivity contribution in [2.75, 3.05) is 25.9 Å². The molecule has 3 N–H and O–H groups in total. The van der Waals surface area contributed by atoms with Crippen LogP contribution in [0.2, 0.25) is 0 Å². The molecule has 0 aromatic heterocycles. The summed E-state index contributed by atoms with van der Waals surface area (Å²) in [5, 5.41) is 3.04. The van der Waals surface area contributed by atoms with Gasteiger partial charge in [0.05, 0.1) is 18.2 Å². The van der Waals surface area contributed by atoms with Crippen LogP contribution in [0.4, 0.5) is 0 Å². The van der Waals surface area contributed by atoms with Crippen LogP contribution < -0.4 is 16.2 Å². The Hall–Kier alpha value is -1.48. The number of nitrogens with zero attached hydrogens (tertiary/aromatic N) is 1. The third-order valence-corrected chi connectivity index (χ3v) is 5.95. The molecule has 132 valence electrons. The molecule has 24 heavy (non-hydrogen) atoms. The van der Waals surface area contributed by atoms with Gasteiger partial charge in [0.2, 0.25) is 15.9 Å². The van der Waals surface area contributed by atoms with Gasteiger partial charge in [-0.15, -0.1) is 0 Å². The average Bonchev–Trinajstić information content (AvgIpc) is 3.05. The smallest absolute Gasteiger partial charge is 0.226 e. The van der Waals surface area contributed by atoms with Gasteiger partial charge in [0.15, 0.2) is 0 Å². The number of carbonyl (C=O) groups excluding carboxylic acids is 1. The van der Waals surface area contributed by atoms with Crippen LogP contribution in [0.5, 0.6) is 0 Å². The van der Waals surface area contributed by atoms with Crippen LogP contribution in [0.1, 0.15) is 24.4 Å². The second kappa shape index (κ2) is 7.18. The molecule has 0 saturated carbocycles. The van der Waals surface area contributed by atoms with E-state index in [0.29, 0.717) is 19.6 Å². The minimum Gasteiger partial charge on any atom is -0.352 e. The molecule has 0 bridgehead atoms. The SMILES string of the molecule is CS(=O)(=O)N1CCCC(NC(=O)C2CNNC2c2ccccc2)C1. The lowest BCUT2D eigenvalue weighted by molar-refractivity contribution is -0.125. The van der Waals surface area contributed by atoms with E-state index in [1.165, 1.54) is 10.6 Å². The van der Waals surface area contributed by atoms with Crippen LogP contribution in [0.15, 0.2) is 30.3 Å². The summed E-state index contributed by atoms with van der Waals surface area (Å²) in [4.78, 5) is 12.7. The molecular weight excluding hydrogens is 328 g/mol. The quantitative estimate of drug-likeness (QED) is 0.709. The van der Waals surface area contributed by atoms with Gasteiger partial charge in [-0.1, -0.05) is 30.3 Å². The second-order valence-electron chi connectivity index (χ2n) is 6.49. The van der Waals surface area contributed by atoms with Gasteiger partial charge in [-0.3, -0.25) is 10.2 Å². The van der Waals surface area contributed by atoms with E-state index in [-0.39, 0.29) is 23.9 Å². The second-order valence-corrected chi connectivity index (χ2v) is 8.47. The number of rotatable bonds is 4. The van der Waals surface area contributed by atoms with Crippen LogP contribution in [-0.4, -0.2) is 50.6 Å². The normalized spacial score (nSPS) is 28.6. The monoisotopic (exact) mass is 352 g/mol. The molecule has 8 heteroatoms. The van der Waals surface area contributed by atoms with Gasteiger partial charge >= 0.3 is 0 Å². The largest absolute Gasteiger partial charge is 0.352 e. The highest BCUT2D eigenvalue weighted by Gasteiger charge is 2.35. The van der Waals surface area contributed by atoms with Crippen molar-refractivity contribution in [3.8, 4) is 0 Å². The van der Waals surface area contributed by atoms with E-state index >= 15 is 0 Å². The number of nitrogens with one attached hydrogen (secondary N) is 3. The summed E-state index contributed by atoms with van der Waals surface area (Å²) in [6.07, 6.45) is 2.79. The molecule has 1 aromatic rings. The molecule has 2 saturated heterocycles. The first-order chi connectivity index (χ1) is 11.4. The van der Waals surface area contributed by atoms with Crippen molar-refractivity contribution >= 4 is 15.9 Å². The lowest BCUT2D eigenvalue weighted by Crippen LogP contribution is -2.51. The van der Waals surface area contributed by atoms with Gasteiger partial charge in [-0.2, -0.15) is 0 Å². The van der Waals surface area contributed by atoms with Crippen LogP contribution in [-0.2, 0) is 14.8 Å². The fourth-order valence-corrected chi connectivity index (χ4v) is 4.30. The van der Waals surface area contributed by atoms with Gasteiger partial charge in [-0.25, -0.2) is 18.1 Å². The minimum absolute atomic E-state index is 0.0401. The zero-order valence-corrected chi connectivity index (χ0v) is 14.6. The van der Waals surface area contributed by atoms with Crippen LogP contribution in [0.25, 0.3) is 0 Å². The van der Waals surface area contributed by atoms with Crippen molar-refractivity contribution in [2.45, 2.75) is 24.9 Å². The topological polar surface area (TPSA) is 90.5 Å². The van der Waals surface area contributed by atoms with Crippen LogP contribution in [0, 0.1) is 5.92 Å². The van der Waals surface area contributed by atoms with Crippen molar-refractivity contribution in [2.24, 2.45) is 5.92 Å². The maximum atomic E-state index is 12.7. The number of hydrogen-bond donors (Lipinski definition) is 3. The van der Waals surface area contributed by atoms with E-state index < -0.39 is 10.0 Å². The number of hydrazine groups is 1. The number of hydrogen-bond acceptors (Lipinski definition) is 5. The summed E-state index contributed by atoms with van der Waals surface area (Å²) in [5.74, 6) is -0.261. The molecule has 7 nitrogen and oxygen atoms in total. The fourth-order valence-electron chi connectivity index (χ4n) is 3.39. The summed E-state index contributed by atoms with van der Waals surface area (Å²) >= 11 is 0. The minimum atomic E-state index is -3.21. The van der Waals surface area contributed by atoms with E-state index in [2.05, 4.69) is 16.2 Å². The van der Waals surface area contributed by atoms with Crippen molar-refractivity contribution in [3.05, 3.63) is 35.9 Å². The average molecular weight is 352 g/mol. The predicted octanol–water partition coefficient (Wildman–Crippen LogP) is -0.00810. The number of benzene rings is 1. The van der Waals surface area contributed by atoms with E-state index in [1.807, 2.05) is 30.3 Å². The van der Waals surface area contributed by atoms with Gasteiger partial charge in [-0.05, 0) is 18.4 Å². The molecule has 3 atom stereocenters. The third kappa shape index (κ3) is 3.94. The van der Waals surface area contributed by atoms with Crippen LogP contribution >= 0.6 is 0 Å². The lowest BCUT2D eigenvalue weighted by atomic mass is 9.93. The van der Waals surface area contributed by atoms with E-state index in [0.717, 1.165) is 18.4 Å². The van der Waals surface area contributed by atoms with Crippen molar-refractivity contribution in [1.29, 1.82) is 0 Å². The number of amides is 1. The Morgan fingerprint density at radius 2 is 2.04 bits per heavy atom. The Morgan fingerprint density at radius 3 is 2.75 bits per heavy atom. The summed E-state index contributed by atoms with van der Waals surface area (Å²) in [5.41, 5.74) is 7.27. The molecule has 1 amide bonds. The number of piperidine rings is 1. The van der Waals surface area contributed by atoms with Gasteiger partial charge in [0.1, 0.15) is 0 Å². The predicted molar refractivity (Wildman–Crippen MR) is 91.4 cm³/mol. The molecule has 2 fully saturated rings. The molecule has 0 aliphatic carbocycles. The Bertz CT molecular complexity index is 680. The first-order valence-corrected chi connectivity index (χ1v) is 10.1. The summed E-state index contributed by atoms with van der Waals surface area (Å²) < 4.78 is 24.9. The summed E-state index contributed by atoms with van der Waals surface area (Å²) in [7, 11) is -3.21. The number of sulfonamides is 1. The zero-order valence-electron chi connectivity index (χ0n) is 13.7. The maximum absolute atomic E-state index is 12.7. The van der Waals surface area contributed by atoms with Crippen molar-refractivity contribution in [1.82, 2.24) is 20.5 Å².